The van der Waals surface area contributed by atoms with Crippen LogP contribution in [0.2, 0.25) is 0 Å². The Hall–Kier alpha value is -1.04. The number of thioether (sulfide) groups is 1. The Kier molecular flexibility index (Phi) is 8.45. The van der Waals surface area contributed by atoms with Crippen LogP contribution >= 0.6 is 11.8 Å². The molecule has 104 valence electrons. The molecule has 0 saturated heterocycles. The minimum atomic E-state index is -0.539. The van der Waals surface area contributed by atoms with E-state index in [9.17, 15) is 14.4 Å². The first-order chi connectivity index (χ1) is 8.40. The number of ether oxygens (including phenoxy) is 1. The molecule has 0 spiro atoms. The van der Waals surface area contributed by atoms with Gasteiger partial charge in [-0.15, -0.1) is 0 Å². The van der Waals surface area contributed by atoms with Crippen LogP contribution in [-0.2, 0) is 19.1 Å². The van der Waals surface area contributed by atoms with Crippen LogP contribution in [0.25, 0.3) is 0 Å². The fraction of sp³-hybridized carbons (Fsp3) is 0.750. The molecule has 1 amide bonds. The Morgan fingerprint density at radius 3 is 2.39 bits per heavy atom. The lowest BCUT2D eigenvalue weighted by Gasteiger charge is -2.13. The largest absolute Gasteiger partial charge is 0.469 e. The average Bonchev–Trinajstić information content (AvgIpc) is 2.34. The van der Waals surface area contributed by atoms with Crippen molar-refractivity contribution in [2.75, 3.05) is 13.7 Å². The predicted octanol–water partition coefficient (Wildman–Crippen LogP) is 1.36. The Morgan fingerprint density at radius 1 is 1.28 bits per heavy atom. The molecule has 0 aromatic heterocycles. The molecule has 0 aliphatic rings. The SMILES string of the molecule is CCC(C)C(=O)NCC(C)SC(=O)CC(=O)OC. The number of nitrogens with one attached hydrogen (secondary N) is 1. The number of rotatable bonds is 7. The molecule has 2 atom stereocenters. The molecule has 0 bridgehead atoms. The fourth-order valence-corrected chi connectivity index (χ4v) is 1.92. The van der Waals surface area contributed by atoms with Gasteiger partial charge in [-0.25, -0.2) is 0 Å². The van der Waals surface area contributed by atoms with Crippen LogP contribution in [0.3, 0.4) is 0 Å². The highest BCUT2D eigenvalue weighted by Gasteiger charge is 2.16. The zero-order chi connectivity index (χ0) is 14.1. The number of carbonyl (C=O) groups is 3. The molecule has 2 unspecified atom stereocenters. The quantitative estimate of drug-likeness (QED) is 0.561. The smallest absolute Gasteiger partial charge is 0.313 e. The summed E-state index contributed by atoms with van der Waals surface area (Å²) in [6.07, 6.45) is 0.555. The highest BCUT2D eigenvalue weighted by atomic mass is 32.2. The zero-order valence-electron chi connectivity index (χ0n) is 11.3. The monoisotopic (exact) mass is 275 g/mol. The minimum Gasteiger partial charge on any atom is -0.469 e. The van der Waals surface area contributed by atoms with Crippen molar-refractivity contribution in [2.24, 2.45) is 5.92 Å². The van der Waals surface area contributed by atoms with Gasteiger partial charge in [0.2, 0.25) is 5.91 Å². The topological polar surface area (TPSA) is 72.5 Å². The van der Waals surface area contributed by atoms with Gasteiger partial charge in [0.15, 0.2) is 5.12 Å². The summed E-state index contributed by atoms with van der Waals surface area (Å²) in [5.41, 5.74) is 0. The summed E-state index contributed by atoms with van der Waals surface area (Å²) in [4.78, 5) is 33.8. The maximum Gasteiger partial charge on any atom is 0.313 e. The molecule has 1 N–H and O–H groups in total. The third-order valence-electron chi connectivity index (χ3n) is 2.47. The van der Waals surface area contributed by atoms with Crippen molar-refractivity contribution in [1.29, 1.82) is 0 Å². The van der Waals surface area contributed by atoms with E-state index in [1.54, 1.807) is 0 Å². The molecular formula is C12H21NO4S. The van der Waals surface area contributed by atoms with Crippen molar-refractivity contribution in [3.8, 4) is 0 Å². The molecule has 6 heteroatoms. The van der Waals surface area contributed by atoms with Crippen molar-refractivity contribution in [3.63, 3.8) is 0 Å². The van der Waals surface area contributed by atoms with Gasteiger partial charge >= 0.3 is 5.97 Å². The van der Waals surface area contributed by atoms with Gasteiger partial charge < -0.3 is 10.1 Å². The zero-order valence-corrected chi connectivity index (χ0v) is 12.1. The van der Waals surface area contributed by atoms with Crippen molar-refractivity contribution in [2.45, 2.75) is 38.9 Å². The number of hydrogen-bond acceptors (Lipinski definition) is 5. The molecule has 0 heterocycles. The van der Waals surface area contributed by atoms with Crippen LogP contribution < -0.4 is 5.32 Å². The lowest BCUT2D eigenvalue weighted by Crippen LogP contribution is -2.33. The molecule has 0 aliphatic heterocycles. The van der Waals surface area contributed by atoms with E-state index in [-0.39, 0.29) is 28.6 Å². The highest BCUT2D eigenvalue weighted by molar-refractivity contribution is 8.14. The van der Waals surface area contributed by atoms with Crippen LogP contribution in [0.4, 0.5) is 0 Å². The van der Waals surface area contributed by atoms with E-state index in [1.165, 1.54) is 7.11 Å². The normalized spacial score (nSPS) is 13.6. The lowest BCUT2D eigenvalue weighted by atomic mass is 10.1. The minimum absolute atomic E-state index is 0.00892. The van der Waals surface area contributed by atoms with Crippen molar-refractivity contribution < 1.29 is 19.1 Å². The van der Waals surface area contributed by atoms with Gasteiger partial charge in [-0.05, 0) is 6.42 Å². The van der Waals surface area contributed by atoms with Crippen LogP contribution in [-0.4, -0.2) is 35.9 Å². The number of esters is 1. The first kappa shape index (κ1) is 17.0. The summed E-state index contributed by atoms with van der Waals surface area (Å²) in [6, 6.07) is 0. The van der Waals surface area contributed by atoms with Crippen LogP contribution in [0.1, 0.15) is 33.6 Å². The average molecular weight is 275 g/mol. The van der Waals surface area contributed by atoms with Crippen molar-refractivity contribution in [1.82, 2.24) is 5.32 Å². The molecule has 5 nitrogen and oxygen atoms in total. The summed E-state index contributed by atoms with van der Waals surface area (Å²) in [7, 11) is 1.25. The van der Waals surface area contributed by atoms with E-state index in [2.05, 4.69) is 10.1 Å². The van der Waals surface area contributed by atoms with E-state index in [4.69, 9.17) is 0 Å². The summed E-state index contributed by atoms with van der Waals surface area (Å²) < 4.78 is 4.40. The van der Waals surface area contributed by atoms with Crippen LogP contribution in [0, 0.1) is 5.92 Å². The summed E-state index contributed by atoms with van der Waals surface area (Å²) >= 11 is 1.05. The Labute approximate surface area is 112 Å². The van der Waals surface area contributed by atoms with E-state index < -0.39 is 5.97 Å². The second-order valence-corrected chi connectivity index (χ2v) is 5.60. The molecule has 0 saturated carbocycles. The summed E-state index contributed by atoms with van der Waals surface area (Å²) in [5, 5.41) is 2.47. The summed E-state index contributed by atoms with van der Waals surface area (Å²) in [6.45, 7) is 6.05. The van der Waals surface area contributed by atoms with Gasteiger partial charge in [0, 0.05) is 17.7 Å². The highest BCUT2D eigenvalue weighted by Crippen LogP contribution is 2.13. The van der Waals surface area contributed by atoms with Crippen LogP contribution in [0.5, 0.6) is 0 Å². The number of amides is 1. The van der Waals surface area contributed by atoms with Gasteiger partial charge in [0.1, 0.15) is 6.42 Å². The van der Waals surface area contributed by atoms with Crippen LogP contribution in [0.15, 0.2) is 0 Å². The standard InChI is InChI=1S/C12H21NO4S/c1-5-8(2)12(16)13-7-9(3)18-11(15)6-10(14)17-4/h8-9H,5-7H2,1-4H3,(H,13,16). The molecular weight excluding hydrogens is 254 g/mol. The fourth-order valence-electron chi connectivity index (χ4n) is 1.10. The van der Waals surface area contributed by atoms with E-state index in [0.717, 1.165) is 18.2 Å². The number of methoxy groups -OCH3 is 1. The maximum atomic E-state index is 11.5. The molecule has 0 rings (SSSR count). The number of carbonyl (C=O) groups excluding carboxylic acids is 3. The Morgan fingerprint density at radius 2 is 1.89 bits per heavy atom. The third-order valence-corrected chi connectivity index (χ3v) is 3.45. The van der Waals surface area contributed by atoms with Gasteiger partial charge in [-0.2, -0.15) is 0 Å². The van der Waals surface area contributed by atoms with Gasteiger partial charge in [-0.3, -0.25) is 14.4 Å². The molecule has 0 aromatic rings. The van der Waals surface area contributed by atoms with Gasteiger partial charge in [-0.1, -0.05) is 32.5 Å². The molecule has 0 radical (unpaired) electrons. The summed E-state index contributed by atoms with van der Waals surface area (Å²) in [5.74, 6) is -0.568. The van der Waals surface area contributed by atoms with Crippen molar-refractivity contribution >= 4 is 28.8 Å². The predicted molar refractivity (Wildman–Crippen MR) is 71.2 cm³/mol. The van der Waals surface area contributed by atoms with E-state index in [1.807, 2.05) is 20.8 Å². The maximum absolute atomic E-state index is 11.5. The second kappa shape index (κ2) is 8.97. The Bertz CT molecular complexity index is 306. The molecule has 18 heavy (non-hydrogen) atoms. The lowest BCUT2D eigenvalue weighted by molar-refractivity contribution is -0.142. The molecule has 0 fully saturated rings. The van der Waals surface area contributed by atoms with E-state index >= 15 is 0 Å². The third kappa shape index (κ3) is 7.32. The Balaban J connectivity index is 3.90. The first-order valence-electron chi connectivity index (χ1n) is 5.94. The van der Waals surface area contributed by atoms with Crippen molar-refractivity contribution in [3.05, 3.63) is 0 Å². The second-order valence-electron chi connectivity index (χ2n) is 4.11. The molecule has 0 aliphatic carbocycles. The van der Waals surface area contributed by atoms with Gasteiger partial charge in [0.25, 0.3) is 0 Å². The number of hydrogen-bond donors (Lipinski definition) is 1. The van der Waals surface area contributed by atoms with E-state index in [0.29, 0.717) is 6.54 Å². The molecule has 0 aromatic carbocycles. The first-order valence-corrected chi connectivity index (χ1v) is 6.82. The van der Waals surface area contributed by atoms with Gasteiger partial charge in [0.05, 0.1) is 7.11 Å².